The van der Waals surface area contributed by atoms with Gasteiger partial charge >= 0.3 is 0 Å². The minimum atomic E-state index is -3.67. The van der Waals surface area contributed by atoms with Crippen LogP contribution < -0.4 is 4.72 Å². The number of fused-ring (bicyclic) bond motifs is 1. The summed E-state index contributed by atoms with van der Waals surface area (Å²) in [5.41, 5.74) is 2.86. The summed E-state index contributed by atoms with van der Waals surface area (Å²) < 4.78 is 32.6. The molecule has 0 fully saturated rings. The Labute approximate surface area is 164 Å². The van der Waals surface area contributed by atoms with Gasteiger partial charge in [0.2, 0.25) is 10.0 Å². The van der Waals surface area contributed by atoms with Gasteiger partial charge in [-0.1, -0.05) is 11.2 Å². The highest BCUT2D eigenvalue weighted by atomic mass is 32.2. The van der Waals surface area contributed by atoms with Gasteiger partial charge in [-0.2, -0.15) is 0 Å². The van der Waals surface area contributed by atoms with E-state index in [2.05, 4.69) is 9.88 Å². The van der Waals surface area contributed by atoms with E-state index in [9.17, 15) is 18.3 Å². The lowest BCUT2D eigenvalue weighted by Crippen LogP contribution is -2.36. The van der Waals surface area contributed by atoms with Crippen LogP contribution in [0, 0.1) is 13.8 Å². The first-order chi connectivity index (χ1) is 13.2. The largest absolute Gasteiger partial charge is 0.393 e. The van der Waals surface area contributed by atoms with Gasteiger partial charge in [0.15, 0.2) is 0 Å². The zero-order valence-electron chi connectivity index (χ0n) is 16.2. The van der Waals surface area contributed by atoms with Crippen molar-refractivity contribution in [2.24, 2.45) is 0 Å². The van der Waals surface area contributed by atoms with E-state index in [0.717, 1.165) is 11.1 Å². The molecule has 0 unspecified atom stereocenters. The van der Waals surface area contributed by atoms with Crippen LogP contribution in [0.5, 0.6) is 0 Å². The van der Waals surface area contributed by atoms with E-state index in [1.54, 1.807) is 43.9 Å². The second kappa shape index (κ2) is 8.02. The minimum Gasteiger partial charge on any atom is -0.393 e. The van der Waals surface area contributed by atoms with Crippen molar-refractivity contribution < 1.29 is 22.8 Å². The predicted molar refractivity (Wildman–Crippen MR) is 102 cm³/mol. The van der Waals surface area contributed by atoms with Gasteiger partial charge in [-0.15, -0.1) is 0 Å². The number of aliphatic hydroxyl groups is 1. The number of hydrogen-bond acceptors (Lipinski definition) is 6. The third kappa shape index (κ3) is 4.26. The molecule has 2 heterocycles. The lowest BCUT2D eigenvalue weighted by molar-refractivity contribution is 0.0732. The van der Waals surface area contributed by atoms with Crippen molar-refractivity contribution in [2.75, 3.05) is 13.1 Å². The van der Waals surface area contributed by atoms with E-state index in [1.165, 1.54) is 0 Å². The Bertz CT molecular complexity index is 962. The Balaban J connectivity index is 1.79. The van der Waals surface area contributed by atoms with Crippen molar-refractivity contribution in [2.45, 2.75) is 51.2 Å². The third-order valence-corrected chi connectivity index (χ3v) is 6.35. The maximum Gasteiger partial charge on any atom is 0.259 e. The summed E-state index contributed by atoms with van der Waals surface area (Å²) in [7, 11) is -3.67. The Morgan fingerprint density at radius 2 is 2.11 bits per heavy atom. The Hall–Kier alpha value is -2.23. The summed E-state index contributed by atoms with van der Waals surface area (Å²) in [4.78, 5) is 14.7. The Morgan fingerprint density at radius 3 is 2.75 bits per heavy atom. The fourth-order valence-corrected chi connectivity index (χ4v) is 4.40. The highest BCUT2D eigenvalue weighted by molar-refractivity contribution is 7.89. The first-order valence-corrected chi connectivity index (χ1v) is 10.7. The van der Waals surface area contributed by atoms with Gasteiger partial charge < -0.3 is 14.5 Å². The van der Waals surface area contributed by atoms with Gasteiger partial charge in [-0.25, -0.2) is 13.1 Å². The number of nitrogens with zero attached hydrogens (tertiary/aromatic N) is 2. The number of amides is 1. The number of aromatic nitrogens is 1. The van der Waals surface area contributed by atoms with E-state index in [-0.39, 0.29) is 17.3 Å². The molecule has 0 aliphatic carbocycles. The molecule has 28 heavy (non-hydrogen) atoms. The van der Waals surface area contributed by atoms with Crippen molar-refractivity contribution in [3.8, 4) is 0 Å². The molecule has 0 saturated carbocycles. The number of carbonyl (C=O) groups is 1. The molecule has 2 aromatic rings. The van der Waals surface area contributed by atoms with E-state index in [1.807, 2.05) is 0 Å². The SMILES string of the molecule is Cc1noc(C)c1C(=O)N1CCc2ccc(S(=O)(=O)NCC[C@H](C)O)cc2C1. The molecule has 1 aliphatic heterocycles. The van der Waals surface area contributed by atoms with Crippen molar-refractivity contribution in [3.63, 3.8) is 0 Å². The fraction of sp³-hybridized carbons (Fsp3) is 0.474. The van der Waals surface area contributed by atoms with Crippen LogP contribution in [0.2, 0.25) is 0 Å². The molecule has 1 amide bonds. The highest BCUT2D eigenvalue weighted by Gasteiger charge is 2.27. The van der Waals surface area contributed by atoms with Gasteiger partial charge in [0.05, 0.1) is 16.7 Å². The second-order valence-electron chi connectivity index (χ2n) is 7.14. The van der Waals surface area contributed by atoms with Crippen LogP contribution in [0.3, 0.4) is 0 Å². The molecule has 3 rings (SSSR count). The average molecular weight is 407 g/mol. The molecule has 0 saturated heterocycles. The van der Waals surface area contributed by atoms with Crippen molar-refractivity contribution in [3.05, 3.63) is 46.3 Å². The van der Waals surface area contributed by atoms with E-state index < -0.39 is 16.1 Å². The molecule has 0 bridgehead atoms. The van der Waals surface area contributed by atoms with Gasteiger partial charge in [0.25, 0.3) is 5.91 Å². The normalized spacial score (nSPS) is 15.4. The average Bonchev–Trinajstić information content (AvgIpc) is 2.98. The van der Waals surface area contributed by atoms with Gasteiger partial charge in [-0.05, 0) is 56.9 Å². The lowest BCUT2D eigenvalue weighted by Gasteiger charge is -2.29. The molecular formula is C19H25N3O5S. The first-order valence-electron chi connectivity index (χ1n) is 9.20. The number of aryl methyl sites for hydroxylation is 2. The van der Waals surface area contributed by atoms with Crippen LogP contribution >= 0.6 is 0 Å². The predicted octanol–water partition coefficient (Wildman–Crippen LogP) is 1.54. The van der Waals surface area contributed by atoms with Crippen LogP contribution in [0.25, 0.3) is 0 Å². The molecule has 0 radical (unpaired) electrons. The topological polar surface area (TPSA) is 113 Å². The van der Waals surface area contributed by atoms with E-state index >= 15 is 0 Å². The van der Waals surface area contributed by atoms with Crippen molar-refractivity contribution in [1.82, 2.24) is 14.8 Å². The van der Waals surface area contributed by atoms with Crippen molar-refractivity contribution in [1.29, 1.82) is 0 Å². The third-order valence-electron chi connectivity index (χ3n) is 4.89. The number of benzene rings is 1. The molecule has 0 spiro atoms. The Kier molecular flexibility index (Phi) is 5.87. The van der Waals surface area contributed by atoms with Crippen LogP contribution in [0.4, 0.5) is 0 Å². The van der Waals surface area contributed by atoms with Gasteiger partial charge in [0.1, 0.15) is 11.3 Å². The van der Waals surface area contributed by atoms with Gasteiger partial charge in [0, 0.05) is 19.6 Å². The standard InChI is InChI=1S/C19H25N3O5S/c1-12(23)6-8-20-28(25,26)17-5-4-15-7-9-22(11-16(15)10-17)19(24)18-13(2)21-27-14(18)3/h4-5,10,12,20,23H,6-9,11H2,1-3H3/t12-/m0/s1. The van der Waals surface area contributed by atoms with Crippen molar-refractivity contribution >= 4 is 15.9 Å². The second-order valence-corrected chi connectivity index (χ2v) is 8.91. The maximum atomic E-state index is 12.9. The first kappa shape index (κ1) is 20.5. The summed E-state index contributed by atoms with van der Waals surface area (Å²) in [6.07, 6.45) is 0.416. The summed E-state index contributed by atoms with van der Waals surface area (Å²) in [5.74, 6) is 0.317. The smallest absolute Gasteiger partial charge is 0.259 e. The number of sulfonamides is 1. The summed E-state index contributed by atoms with van der Waals surface area (Å²) in [6, 6.07) is 5.00. The number of rotatable bonds is 6. The lowest BCUT2D eigenvalue weighted by atomic mass is 9.99. The van der Waals surface area contributed by atoms with Crippen LogP contribution in [0.1, 0.15) is 46.3 Å². The molecule has 1 aromatic heterocycles. The van der Waals surface area contributed by atoms with E-state index in [0.29, 0.717) is 42.9 Å². The number of nitrogens with one attached hydrogen (secondary N) is 1. The maximum absolute atomic E-state index is 12.9. The fourth-order valence-electron chi connectivity index (χ4n) is 3.31. The highest BCUT2D eigenvalue weighted by Crippen LogP contribution is 2.25. The molecule has 2 N–H and O–H groups in total. The monoisotopic (exact) mass is 407 g/mol. The number of carbonyl (C=O) groups excluding carboxylic acids is 1. The van der Waals surface area contributed by atoms with Crippen LogP contribution in [0.15, 0.2) is 27.6 Å². The summed E-state index contributed by atoms with van der Waals surface area (Å²) in [5, 5.41) is 13.1. The molecule has 1 aliphatic rings. The molecule has 8 nitrogen and oxygen atoms in total. The molecular weight excluding hydrogens is 382 g/mol. The molecule has 9 heteroatoms. The molecule has 1 atom stereocenters. The van der Waals surface area contributed by atoms with Crippen LogP contribution in [-0.2, 0) is 23.0 Å². The number of hydrogen-bond donors (Lipinski definition) is 2. The summed E-state index contributed by atoms with van der Waals surface area (Å²) >= 11 is 0. The molecule has 1 aromatic carbocycles. The summed E-state index contributed by atoms with van der Waals surface area (Å²) in [6.45, 7) is 6.08. The van der Waals surface area contributed by atoms with Crippen LogP contribution in [-0.4, -0.2) is 48.7 Å². The quantitative estimate of drug-likeness (QED) is 0.751. The van der Waals surface area contributed by atoms with Gasteiger partial charge in [-0.3, -0.25) is 4.79 Å². The number of aliphatic hydroxyl groups excluding tert-OH is 1. The van der Waals surface area contributed by atoms with E-state index in [4.69, 9.17) is 4.52 Å². The Morgan fingerprint density at radius 1 is 1.36 bits per heavy atom. The minimum absolute atomic E-state index is 0.156. The zero-order valence-corrected chi connectivity index (χ0v) is 17.0. The molecule has 152 valence electrons. The zero-order chi connectivity index (χ0) is 20.5.